The van der Waals surface area contributed by atoms with Crippen molar-refractivity contribution in [1.29, 1.82) is 0 Å². The van der Waals surface area contributed by atoms with E-state index in [1.165, 1.54) is 12.1 Å². The predicted molar refractivity (Wildman–Crippen MR) is 49.4 cm³/mol. The van der Waals surface area contributed by atoms with E-state index in [0.29, 0.717) is 0 Å². The van der Waals surface area contributed by atoms with Crippen LogP contribution < -0.4 is 0 Å². The second kappa shape index (κ2) is 3.96. The Kier molecular flexibility index (Phi) is 3.14. The zero-order chi connectivity index (χ0) is 9.90. The normalized spacial score (nSPS) is 13.1. The molecule has 0 unspecified atom stereocenters. The Balaban J connectivity index is 3.08. The topological polar surface area (TPSA) is 0 Å². The molecule has 0 aromatic heterocycles. The summed E-state index contributed by atoms with van der Waals surface area (Å²) in [5, 5.41) is 0. The van der Waals surface area contributed by atoms with Crippen molar-refractivity contribution in [3.8, 4) is 0 Å². The standard InChI is InChI=1S/C9H6BrF3/c10-6-8(9(11,12)13)7-4-2-1-3-5-7/h1-6H/b8-6-. The highest BCUT2D eigenvalue weighted by atomic mass is 79.9. The van der Waals surface area contributed by atoms with Gasteiger partial charge in [0, 0.05) is 0 Å². The zero-order valence-electron chi connectivity index (χ0n) is 6.48. The molecule has 0 heterocycles. The monoisotopic (exact) mass is 250 g/mol. The van der Waals surface area contributed by atoms with E-state index in [-0.39, 0.29) is 5.56 Å². The first-order chi connectivity index (χ1) is 6.05. The second-order valence-electron chi connectivity index (χ2n) is 2.39. The molecule has 1 aromatic rings. The molecule has 0 radical (unpaired) electrons. The summed E-state index contributed by atoms with van der Waals surface area (Å²) in [6, 6.07) is 7.64. The first-order valence-corrected chi connectivity index (χ1v) is 4.40. The van der Waals surface area contributed by atoms with Gasteiger partial charge in [-0.3, -0.25) is 0 Å². The molecule has 70 valence electrons. The average molecular weight is 251 g/mol. The molecule has 0 spiro atoms. The molecular weight excluding hydrogens is 245 g/mol. The van der Waals surface area contributed by atoms with Crippen molar-refractivity contribution in [2.45, 2.75) is 6.18 Å². The van der Waals surface area contributed by atoms with Gasteiger partial charge < -0.3 is 0 Å². The lowest BCUT2D eigenvalue weighted by atomic mass is 10.1. The van der Waals surface area contributed by atoms with Gasteiger partial charge in [0.15, 0.2) is 0 Å². The molecule has 0 amide bonds. The third-order valence-electron chi connectivity index (χ3n) is 1.50. The first-order valence-electron chi connectivity index (χ1n) is 3.48. The van der Waals surface area contributed by atoms with E-state index in [1.807, 2.05) is 0 Å². The Morgan fingerprint density at radius 2 is 1.69 bits per heavy atom. The minimum absolute atomic E-state index is 0.159. The van der Waals surface area contributed by atoms with Crippen molar-refractivity contribution >= 4 is 21.5 Å². The van der Waals surface area contributed by atoms with E-state index in [2.05, 4.69) is 15.9 Å². The van der Waals surface area contributed by atoms with Gasteiger partial charge in [-0.1, -0.05) is 46.3 Å². The van der Waals surface area contributed by atoms with E-state index in [0.717, 1.165) is 4.99 Å². The zero-order valence-corrected chi connectivity index (χ0v) is 8.06. The fourth-order valence-corrected chi connectivity index (χ4v) is 1.43. The molecule has 0 aliphatic rings. The summed E-state index contributed by atoms with van der Waals surface area (Å²) in [5.74, 6) is 0. The van der Waals surface area contributed by atoms with Crippen LogP contribution in [0, 0.1) is 0 Å². The minimum Gasteiger partial charge on any atom is -0.166 e. The number of benzene rings is 1. The molecule has 4 heteroatoms. The fraction of sp³-hybridized carbons (Fsp3) is 0.111. The highest BCUT2D eigenvalue weighted by Gasteiger charge is 2.33. The minimum atomic E-state index is -4.31. The summed E-state index contributed by atoms with van der Waals surface area (Å²) in [6.45, 7) is 0. The lowest BCUT2D eigenvalue weighted by Gasteiger charge is -2.10. The summed E-state index contributed by atoms with van der Waals surface area (Å²) >= 11 is 2.71. The van der Waals surface area contributed by atoms with Crippen molar-refractivity contribution in [2.75, 3.05) is 0 Å². The average Bonchev–Trinajstić information content (AvgIpc) is 2.05. The number of hydrogen-bond donors (Lipinski definition) is 0. The van der Waals surface area contributed by atoms with Gasteiger partial charge >= 0.3 is 6.18 Å². The number of hydrogen-bond acceptors (Lipinski definition) is 0. The Morgan fingerprint density at radius 3 is 2.08 bits per heavy atom. The maximum atomic E-state index is 12.3. The molecule has 0 bridgehead atoms. The third-order valence-corrected chi connectivity index (χ3v) is 1.96. The van der Waals surface area contributed by atoms with Crippen LogP contribution in [0.1, 0.15) is 5.56 Å². The molecule has 1 rings (SSSR count). The van der Waals surface area contributed by atoms with E-state index in [9.17, 15) is 13.2 Å². The number of alkyl halides is 3. The van der Waals surface area contributed by atoms with Crippen molar-refractivity contribution < 1.29 is 13.2 Å². The SMILES string of the molecule is FC(F)(F)/C(=C\Br)c1ccccc1. The Labute approximate surface area is 82.2 Å². The van der Waals surface area contributed by atoms with Crippen molar-refractivity contribution in [3.05, 3.63) is 40.9 Å². The molecular formula is C9H6BrF3. The summed E-state index contributed by atoms with van der Waals surface area (Å²) < 4.78 is 36.9. The first kappa shape index (κ1) is 10.3. The maximum absolute atomic E-state index is 12.3. The van der Waals surface area contributed by atoms with Gasteiger partial charge in [0.25, 0.3) is 0 Å². The van der Waals surface area contributed by atoms with Gasteiger partial charge in [-0.25, -0.2) is 0 Å². The van der Waals surface area contributed by atoms with Crippen LogP contribution in [0.5, 0.6) is 0 Å². The van der Waals surface area contributed by atoms with Crippen LogP contribution in [0.4, 0.5) is 13.2 Å². The number of allylic oxidation sites excluding steroid dienone is 1. The third kappa shape index (κ3) is 2.59. The molecule has 13 heavy (non-hydrogen) atoms. The molecule has 0 fully saturated rings. The number of halogens is 4. The van der Waals surface area contributed by atoms with Gasteiger partial charge in [0.1, 0.15) is 0 Å². The summed E-state index contributed by atoms with van der Waals surface area (Å²) in [5.41, 5.74) is -0.514. The quantitative estimate of drug-likeness (QED) is 0.708. The van der Waals surface area contributed by atoms with E-state index < -0.39 is 11.7 Å². The van der Waals surface area contributed by atoms with Gasteiger partial charge in [-0.05, 0) is 10.5 Å². The molecule has 0 aliphatic carbocycles. The lowest BCUT2D eigenvalue weighted by molar-refractivity contribution is -0.0687. The van der Waals surface area contributed by atoms with Gasteiger partial charge in [0.2, 0.25) is 0 Å². The van der Waals surface area contributed by atoms with Crippen LogP contribution in [-0.2, 0) is 0 Å². The maximum Gasteiger partial charge on any atom is 0.417 e. The summed E-state index contributed by atoms with van der Waals surface area (Å²) in [7, 11) is 0. The lowest BCUT2D eigenvalue weighted by Crippen LogP contribution is -2.09. The highest BCUT2D eigenvalue weighted by molar-refractivity contribution is 9.11. The van der Waals surface area contributed by atoms with Crippen molar-refractivity contribution in [2.24, 2.45) is 0 Å². The van der Waals surface area contributed by atoms with E-state index >= 15 is 0 Å². The summed E-state index contributed by atoms with van der Waals surface area (Å²) in [4.78, 5) is 0.891. The van der Waals surface area contributed by atoms with Gasteiger partial charge in [0.05, 0.1) is 5.57 Å². The van der Waals surface area contributed by atoms with Gasteiger partial charge in [-0.2, -0.15) is 13.2 Å². The second-order valence-corrected chi connectivity index (χ2v) is 2.84. The highest BCUT2D eigenvalue weighted by Crippen LogP contribution is 2.34. The van der Waals surface area contributed by atoms with Crippen LogP contribution in [0.25, 0.3) is 5.57 Å². The van der Waals surface area contributed by atoms with Crippen LogP contribution in [0.15, 0.2) is 35.3 Å². The van der Waals surface area contributed by atoms with Crippen LogP contribution in [0.3, 0.4) is 0 Å². The molecule has 1 aromatic carbocycles. The van der Waals surface area contributed by atoms with E-state index in [1.54, 1.807) is 18.2 Å². The Morgan fingerprint density at radius 1 is 1.15 bits per heavy atom. The molecule has 0 atom stereocenters. The van der Waals surface area contributed by atoms with Gasteiger partial charge in [-0.15, -0.1) is 0 Å². The molecule has 0 N–H and O–H groups in total. The van der Waals surface area contributed by atoms with Crippen LogP contribution in [-0.4, -0.2) is 6.18 Å². The fourth-order valence-electron chi connectivity index (χ4n) is 0.906. The smallest absolute Gasteiger partial charge is 0.166 e. The Bertz CT molecular complexity index is 300. The van der Waals surface area contributed by atoms with Crippen LogP contribution >= 0.6 is 15.9 Å². The predicted octanol–water partition coefficient (Wildman–Crippen LogP) is 3.98. The van der Waals surface area contributed by atoms with E-state index in [4.69, 9.17) is 0 Å². The van der Waals surface area contributed by atoms with Crippen molar-refractivity contribution in [1.82, 2.24) is 0 Å². The molecule has 0 aliphatic heterocycles. The largest absolute Gasteiger partial charge is 0.417 e. The van der Waals surface area contributed by atoms with Crippen LogP contribution in [0.2, 0.25) is 0 Å². The Hall–Kier alpha value is -0.770. The summed E-state index contributed by atoms with van der Waals surface area (Å²) in [6.07, 6.45) is -4.31. The molecule has 0 saturated heterocycles. The number of rotatable bonds is 1. The van der Waals surface area contributed by atoms with Crippen molar-refractivity contribution in [3.63, 3.8) is 0 Å². The molecule has 0 nitrogen and oxygen atoms in total. The molecule has 0 saturated carbocycles.